The van der Waals surface area contributed by atoms with Crippen LogP contribution in [0.5, 0.6) is 0 Å². The predicted molar refractivity (Wildman–Crippen MR) is 455 cm³/mol. The standard InChI is InChI=1S/C51H32N4O.C51H34N4/c1-4-15-33(16-5-1)39-24-13-26-43-47(39)48-40(25-14-27-44(48)55(43)38-29-30-46-42(32-38)41-23-10-11-28-45(41)56-46)36-21-12-22-37(31-36)51-53-49(34-17-6-2-7-18-34)52-50(54-51)35-19-8-3-9-20-35;1-5-17-35(18-6-1)39-25-14-28-42(34-39)55-45-31-15-29-43(36-19-7-2-8-20-36)47(45)48-44(30-16-32-46(48)55)40-26-13-27-41(33-40)51-53-49(37-21-9-3-10-22-37)52-50(54-51)38-23-11-4-12-24-38/h1-32H;1-34H. The van der Waals surface area contributed by atoms with Gasteiger partial charge in [-0.3, -0.25) is 0 Å². The van der Waals surface area contributed by atoms with E-state index in [1.807, 2.05) is 133 Å². The van der Waals surface area contributed by atoms with Gasteiger partial charge in [0.2, 0.25) is 0 Å². The van der Waals surface area contributed by atoms with Crippen LogP contribution in [0.15, 0.2) is 405 Å². The molecule has 21 aromatic rings. The summed E-state index contributed by atoms with van der Waals surface area (Å²) in [6.07, 6.45) is 0. The summed E-state index contributed by atoms with van der Waals surface area (Å²) in [5, 5.41) is 7.00. The second-order valence-electron chi connectivity index (χ2n) is 27.6. The Kier molecular flexibility index (Phi) is 16.7. The van der Waals surface area contributed by atoms with Gasteiger partial charge in [0.1, 0.15) is 11.2 Å². The minimum Gasteiger partial charge on any atom is -0.456 e. The van der Waals surface area contributed by atoms with Crippen molar-refractivity contribution in [3.63, 3.8) is 0 Å². The molecule has 9 nitrogen and oxygen atoms in total. The molecule has 0 aliphatic rings. The van der Waals surface area contributed by atoms with E-state index in [2.05, 4.69) is 276 Å². The predicted octanol–water partition coefficient (Wildman–Crippen LogP) is 26.2. The molecule has 0 saturated carbocycles. The van der Waals surface area contributed by atoms with Gasteiger partial charge in [0.25, 0.3) is 0 Å². The highest BCUT2D eigenvalue weighted by Crippen LogP contribution is 2.47. The third kappa shape index (κ3) is 12.2. The van der Waals surface area contributed by atoms with Crippen LogP contribution in [0.2, 0.25) is 0 Å². The Morgan fingerprint density at radius 2 is 0.450 bits per heavy atom. The first-order valence-corrected chi connectivity index (χ1v) is 37.3. The summed E-state index contributed by atoms with van der Waals surface area (Å²) in [7, 11) is 0. The average Bonchev–Trinajstić information content (AvgIpc) is 1.57. The maximum Gasteiger partial charge on any atom is 0.164 e. The lowest BCUT2D eigenvalue weighted by molar-refractivity contribution is 0.669. The van der Waals surface area contributed by atoms with E-state index in [-0.39, 0.29) is 0 Å². The lowest BCUT2D eigenvalue weighted by atomic mass is 9.94. The van der Waals surface area contributed by atoms with E-state index < -0.39 is 0 Å². The van der Waals surface area contributed by atoms with Gasteiger partial charge in [-0.15, -0.1) is 0 Å². The number of para-hydroxylation sites is 1. The van der Waals surface area contributed by atoms with Crippen LogP contribution in [0.4, 0.5) is 0 Å². The summed E-state index contributed by atoms with van der Waals surface area (Å²) in [6, 6.07) is 140. The SMILES string of the molecule is c1ccc(-c2cccc(-n3c4cccc(-c5ccccc5)c4c4c(-c5cccc(-c6nc(-c7ccccc7)nc(-c7ccccc7)n6)c5)cccc43)c2)cc1.c1ccc(-c2nc(-c3ccccc3)nc(-c3cccc(-c4cccc5c4c4c(-c6ccccc6)cccc4n5-c4ccc5oc6ccccc6c5c4)c3)n2)cc1. The highest BCUT2D eigenvalue weighted by molar-refractivity contribution is 6.22. The van der Waals surface area contributed by atoms with E-state index in [1.54, 1.807) is 0 Å². The van der Waals surface area contributed by atoms with Crippen molar-refractivity contribution in [1.82, 2.24) is 39.0 Å². The zero-order chi connectivity index (χ0) is 73.6. The van der Waals surface area contributed by atoms with Crippen LogP contribution in [-0.2, 0) is 0 Å². The minimum absolute atomic E-state index is 0.625. The van der Waals surface area contributed by atoms with Crippen LogP contribution in [0, 0.1) is 0 Å². The van der Waals surface area contributed by atoms with Gasteiger partial charge in [-0.25, -0.2) is 29.9 Å². The van der Waals surface area contributed by atoms with Gasteiger partial charge >= 0.3 is 0 Å². The highest BCUT2D eigenvalue weighted by atomic mass is 16.3. The molecule has 0 fully saturated rings. The lowest BCUT2D eigenvalue weighted by Gasteiger charge is -2.12. The molecular weight excluding hydrogens is 1350 g/mol. The van der Waals surface area contributed by atoms with Crippen LogP contribution in [0.3, 0.4) is 0 Å². The fraction of sp³-hybridized carbons (Fsp3) is 0. The molecule has 9 heteroatoms. The number of rotatable bonds is 13. The first kappa shape index (κ1) is 65.5. The average molecular weight is 1420 g/mol. The van der Waals surface area contributed by atoms with Crippen molar-refractivity contribution in [2.45, 2.75) is 0 Å². The van der Waals surface area contributed by atoms with Crippen molar-refractivity contribution < 1.29 is 4.42 Å². The molecule has 21 rings (SSSR count). The molecule has 0 radical (unpaired) electrons. The van der Waals surface area contributed by atoms with Gasteiger partial charge in [-0.2, -0.15) is 0 Å². The monoisotopic (exact) mass is 1420 g/mol. The van der Waals surface area contributed by atoms with Crippen LogP contribution in [0.1, 0.15) is 0 Å². The maximum atomic E-state index is 6.24. The van der Waals surface area contributed by atoms with E-state index in [4.69, 9.17) is 34.3 Å². The molecule has 5 aromatic heterocycles. The second kappa shape index (κ2) is 28.3. The molecule has 0 aliphatic heterocycles. The molecule has 0 aliphatic carbocycles. The Labute approximate surface area is 640 Å². The summed E-state index contributed by atoms with van der Waals surface area (Å²) in [5.41, 5.74) is 25.7. The topological polar surface area (TPSA) is 100 Å². The van der Waals surface area contributed by atoms with Gasteiger partial charge in [-0.1, -0.05) is 328 Å². The molecule has 16 aromatic carbocycles. The third-order valence-electron chi connectivity index (χ3n) is 20.9. The zero-order valence-corrected chi connectivity index (χ0v) is 60.1. The minimum atomic E-state index is 0.625. The fourth-order valence-corrected chi connectivity index (χ4v) is 15.8. The van der Waals surface area contributed by atoms with Crippen molar-refractivity contribution in [3.05, 3.63) is 400 Å². The third-order valence-corrected chi connectivity index (χ3v) is 20.9. The molecule has 0 N–H and O–H groups in total. The Morgan fingerprint density at radius 1 is 0.171 bits per heavy atom. The summed E-state index contributed by atoms with van der Waals surface area (Å²) in [5.74, 6) is 3.82. The van der Waals surface area contributed by atoms with E-state index in [0.29, 0.717) is 34.9 Å². The number of nitrogens with zero attached hydrogens (tertiary/aromatic N) is 8. The smallest absolute Gasteiger partial charge is 0.164 e. The van der Waals surface area contributed by atoms with Crippen molar-refractivity contribution in [2.75, 3.05) is 0 Å². The number of furan rings is 1. The molecule has 111 heavy (non-hydrogen) atoms. The molecule has 0 unspecified atom stereocenters. The van der Waals surface area contributed by atoms with E-state index >= 15 is 0 Å². The Morgan fingerprint density at radius 3 is 0.847 bits per heavy atom. The normalized spacial score (nSPS) is 11.4. The molecule has 0 spiro atoms. The van der Waals surface area contributed by atoms with Crippen LogP contribution < -0.4 is 0 Å². The number of benzene rings is 16. The zero-order valence-electron chi connectivity index (χ0n) is 60.1. The Hall–Kier alpha value is -15.1. The number of hydrogen-bond acceptors (Lipinski definition) is 7. The molecule has 0 atom stereocenters. The van der Waals surface area contributed by atoms with E-state index in [1.165, 1.54) is 54.9 Å². The summed E-state index contributed by atoms with van der Waals surface area (Å²) < 4.78 is 11.1. The number of hydrogen-bond donors (Lipinski definition) is 0. The lowest BCUT2D eigenvalue weighted by Crippen LogP contribution is -2.00. The van der Waals surface area contributed by atoms with E-state index in [0.717, 1.165) is 111 Å². The molecule has 520 valence electrons. The van der Waals surface area contributed by atoms with Gasteiger partial charge in [0.05, 0.1) is 22.1 Å². The second-order valence-corrected chi connectivity index (χ2v) is 27.6. The van der Waals surface area contributed by atoms with Gasteiger partial charge in [-0.05, 0) is 128 Å². The highest BCUT2D eigenvalue weighted by Gasteiger charge is 2.25. The Bertz CT molecular complexity index is 6930. The molecule has 5 heterocycles. The van der Waals surface area contributed by atoms with Gasteiger partial charge in [0.15, 0.2) is 34.9 Å². The van der Waals surface area contributed by atoms with Crippen LogP contribution >= 0.6 is 0 Å². The molecule has 0 bridgehead atoms. The fourth-order valence-electron chi connectivity index (χ4n) is 15.8. The first-order valence-electron chi connectivity index (χ1n) is 37.3. The number of aromatic nitrogens is 8. The quantitative estimate of drug-likeness (QED) is 0.113. The van der Waals surface area contributed by atoms with Crippen molar-refractivity contribution >= 4 is 65.6 Å². The van der Waals surface area contributed by atoms with E-state index in [9.17, 15) is 0 Å². The summed E-state index contributed by atoms with van der Waals surface area (Å²) >= 11 is 0. The summed E-state index contributed by atoms with van der Waals surface area (Å²) in [4.78, 5) is 30.1. The van der Waals surface area contributed by atoms with Crippen LogP contribution in [0.25, 0.3) is 201 Å². The van der Waals surface area contributed by atoms with Crippen LogP contribution in [-0.4, -0.2) is 39.0 Å². The molecule has 0 amide bonds. The number of fused-ring (bicyclic) bond motifs is 9. The molecular formula is C102H66N8O. The van der Waals surface area contributed by atoms with Crippen molar-refractivity contribution in [2.24, 2.45) is 0 Å². The summed E-state index contributed by atoms with van der Waals surface area (Å²) in [6.45, 7) is 0. The van der Waals surface area contributed by atoms with Crippen molar-refractivity contribution in [1.29, 1.82) is 0 Å². The maximum absolute atomic E-state index is 6.24. The van der Waals surface area contributed by atoms with Gasteiger partial charge in [0, 0.05) is 77.1 Å². The van der Waals surface area contributed by atoms with Crippen molar-refractivity contribution in [3.8, 4) is 135 Å². The molecule has 0 saturated heterocycles. The Balaban J connectivity index is 0.000000145. The largest absolute Gasteiger partial charge is 0.456 e. The first-order chi connectivity index (χ1) is 55.0. The van der Waals surface area contributed by atoms with Gasteiger partial charge < -0.3 is 13.6 Å².